The van der Waals surface area contributed by atoms with Crippen molar-refractivity contribution in [3.63, 3.8) is 0 Å². The number of unbranched alkanes of at least 4 members (excludes halogenated alkanes) is 5. The van der Waals surface area contributed by atoms with Crippen LogP contribution < -0.4 is 0 Å². The van der Waals surface area contributed by atoms with Gasteiger partial charge < -0.3 is 0 Å². The summed E-state index contributed by atoms with van der Waals surface area (Å²) in [5.41, 5.74) is 0. The largest absolute Gasteiger partial charge is 0.295 e. The van der Waals surface area contributed by atoms with Gasteiger partial charge in [-0.05, 0) is 45.4 Å². The third-order valence-corrected chi connectivity index (χ3v) is 5.45. The third-order valence-electron chi connectivity index (χ3n) is 5.45. The highest BCUT2D eigenvalue weighted by molar-refractivity contribution is 4.92. The van der Waals surface area contributed by atoms with Crippen molar-refractivity contribution in [1.82, 2.24) is 4.90 Å². The predicted molar refractivity (Wildman–Crippen MR) is 87.7 cm³/mol. The standard InChI is InChI=1S/C19H33N/c1-3-4-5-6-7-8-9-13-18-15-16-19-14-11-10-12-17(2)20(18)19/h1,17-19H,4-16H2,2H3/t17-,18+,19-/m1/s1. The van der Waals surface area contributed by atoms with Gasteiger partial charge in [-0.1, -0.05) is 38.5 Å². The molecule has 2 heterocycles. The number of terminal acetylenes is 1. The molecule has 2 rings (SSSR count). The molecule has 2 fully saturated rings. The second kappa shape index (κ2) is 8.73. The summed E-state index contributed by atoms with van der Waals surface area (Å²) < 4.78 is 0. The Morgan fingerprint density at radius 3 is 2.55 bits per heavy atom. The summed E-state index contributed by atoms with van der Waals surface area (Å²) in [5, 5.41) is 0. The average Bonchev–Trinajstić information content (AvgIpc) is 2.76. The predicted octanol–water partition coefficient (Wildman–Crippen LogP) is 5.15. The molecule has 2 saturated heterocycles. The lowest BCUT2D eigenvalue weighted by Gasteiger charge is -2.34. The van der Waals surface area contributed by atoms with E-state index in [4.69, 9.17) is 6.42 Å². The molecule has 0 aromatic carbocycles. The first kappa shape index (κ1) is 15.9. The fourth-order valence-electron chi connectivity index (χ4n) is 4.39. The van der Waals surface area contributed by atoms with Gasteiger partial charge in [0.05, 0.1) is 0 Å². The van der Waals surface area contributed by atoms with Crippen LogP contribution in [0.5, 0.6) is 0 Å². The van der Waals surface area contributed by atoms with Gasteiger partial charge in [0.1, 0.15) is 0 Å². The zero-order valence-corrected chi connectivity index (χ0v) is 13.4. The van der Waals surface area contributed by atoms with E-state index in [0.717, 1.165) is 24.5 Å². The van der Waals surface area contributed by atoms with Crippen LogP contribution in [0.2, 0.25) is 0 Å². The van der Waals surface area contributed by atoms with Gasteiger partial charge in [-0.2, -0.15) is 0 Å². The van der Waals surface area contributed by atoms with E-state index in [0.29, 0.717) is 0 Å². The first-order valence-corrected chi connectivity index (χ1v) is 9.04. The zero-order valence-electron chi connectivity index (χ0n) is 13.4. The van der Waals surface area contributed by atoms with E-state index in [1.807, 2.05) is 0 Å². The molecule has 1 heteroatoms. The lowest BCUT2D eigenvalue weighted by atomic mass is 10.0. The number of rotatable bonds is 7. The molecule has 0 N–H and O–H groups in total. The average molecular weight is 275 g/mol. The van der Waals surface area contributed by atoms with Crippen LogP contribution in [0.4, 0.5) is 0 Å². The zero-order chi connectivity index (χ0) is 14.2. The molecule has 0 amide bonds. The second-order valence-electron chi connectivity index (χ2n) is 6.98. The summed E-state index contributed by atoms with van der Waals surface area (Å²) in [7, 11) is 0. The van der Waals surface area contributed by atoms with Crippen molar-refractivity contribution in [2.24, 2.45) is 0 Å². The Bertz CT molecular complexity index is 303. The molecule has 1 nitrogen and oxygen atoms in total. The van der Waals surface area contributed by atoms with Crippen LogP contribution in [0, 0.1) is 12.3 Å². The molecule has 2 aliphatic heterocycles. The third kappa shape index (κ3) is 4.52. The first-order valence-electron chi connectivity index (χ1n) is 9.04. The number of hydrogen-bond acceptors (Lipinski definition) is 1. The van der Waals surface area contributed by atoms with Crippen LogP contribution in [0.15, 0.2) is 0 Å². The van der Waals surface area contributed by atoms with Gasteiger partial charge in [-0.15, -0.1) is 12.3 Å². The number of fused-ring (bicyclic) bond motifs is 1. The van der Waals surface area contributed by atoms with Crippen molar-refractivity contribution in [3.8, 4) is 12.3 Å². The van der Waals surface area contributed by atoms with Crippen LogP contribution in [-0.4, -0.2) is 23.0 Å². The topological polar surface area (TPSA) is 3.24 Å². The van der Waals surface area contributed by atoms with Gasteiger partial charge in [0.25, 0.3) is 0 Å². The van der Waals surface area contributed by atoms with Gasteiger partial charge >= 0.3 is 0 Å². The maximum atomic E-state index is 5.28. The molecule has 0 saturated carbocycles. The van der Waals surface area contributed by atoms with Crippen molar-refractivity contribution in [2.75, 3.05) is 0 Å². The van der Waals surface area contributed by atoms with E-state index >= 15 is 0 Å². The van der Waals surface area contributed by atoms with Crippen molar-refractivity contribution < 1.29 is 0 Å². The Hall–Kier alpha value is -0.480. The lowest BCUT2D eigenvalue weighted by molar-refractivity contribution is 0.132. The monoisotopic (exact) mass is 275 g/mol. The Morgan fingerprint density at radius 1 is 0.950 bits per heavy atom. The minimum absolute atomic E-state index is 0.839. The van der Waals surface area contributed by atoms with Crippen LogP contribution in [0.3, 0.4) is 0 Å². The molecule has 114 valence electrons. The Kier molecular flexibility index (Phi) is 6.94. The van der Waals surface area contributed by atoms with Crippen molar-refractivity contribution >= 4 is 0 Å². The van der Waals surface area contributed by atoms with Crippen LogP contribution in [0.1, 0.15) is 90.4 Å². The van der Waals surface area contributed by atoms with E-state index in [1.54, 1.807) is 0 Å². The lowest BCUT2D eigenvalue weighted by Crippen LogP contribution is -2.41. The molecule has 2 aliphatic rings. The Balaban J connectivity index is 1.64. The summed E-state index contributed by atoms with van der Waals surface area (Å²) in [5.74, 6) is 2.74. The number of nitrogens with zero attached hydrogens (tertiary/aromatic N) is 1. The van der Waals surface area contributed by atoms with Crippen LogP contribution >= 0.6 is 0 Å². The van der Waals surface area contributed by atoms with Crippen molar-refractivity contribution in [2.45, 2.75) is 109 Å². The van der Waals surface area contributed by atoms with E-state index < -0.39 is 0 Å². The first-order chi connectivity index (χ1) is 9.83. The molecule has 0 spiro atoms. The Labute approximate surface area is 126 Å². The molecule has 0 radical (unpaired) electrons. The molecule has 0 aromatic heterocycles. The number of hydrogen-bond donors (Lipinski definition) is 0. The second-order valence-corrected chi connectivity index (χ2v) is 6.98. The van der Waals surface area contributed by atoms with Crippen molar-refractivity contribution in [1.29, 1.82) is 0 Å². The molecule has 0 aliphatic carbocycles. The van der Waals surface area contributed by atoms with Crippen molar-refractivity contribution in [3.05, 3.63) is 0 Å². The SMILES string of the molecule is C#CCCCCCCC[C@H]1CC[C@H]2CCCC[C@@H](C)N21. The highest BCUT2D eigenvalue weighted by Gasteiger charge is 2.36. The summed E-state index contributed by atoms with van der Waals surface area (Å²) in [6.45, 7) is 2.47. The normalized spacial score (nSPS) is 30.7. The van der Waals surface area contributed by atoms with Gasteiger partial charge in [0, 0.05) is 24.5 Å². The fourth-order valence-corrected chi connectivity index (χ4v) is 4.39. The van der Waals surface area contributed by atoms with E-state index in [9.17, 15) is 0 Å². The minimum Gasteiger partial charge on any atom is -0.295 e. The van der Waals surface area contributed by atoms with Crippen LogP contribution in [0.25, 0.3) is 0 Å². The van der Waals surface area contributed by atoms with E-state index in [1.165, 1.54) is 77.0 Å². The quantitative estimate of drug-likeness (QED) is 0.459. The summed E-state index contributed by atoms with van der Waals surface area (Å²) >= 11 is 0. The highest BCUT2D eigenvalue weighted by Crippen LogP contribution is 2.36. The van der Waals surface area contributed by atoms with E-state index in [2.05, 4.69) is 17.7 Å². The molecular formula is C19H33N. The van der Waals surface area contributed by atoms with E-state index in [-0.39, 0.29) is 0 Å². The van der Waals surface area contributed by atoms with Gasteiger partial charge in [0.2, 0.25) is 0 Å². The molecule has 20 heavy (non-hydrogen) atoms. The molecule has 3 atom stereocenters. The smallest absolute Gasteiger partial charge is 0.0102 e. The summed E-state index contributed by atoms with van der Waals surface area (Å²) in [6.07, 6.45) is 23.2. The summed E-state index contributed by atoms with van der Waals surface area (Å²) in [6, 6.07) is 2.66. The van der Waals surface area contributed by atoms with Gasteiger partial charge in [-0.25, -0.2) is 0 Å². The summed E-state index contributed by atoms with van der Waals surface area (Å²) in [4.78, 5) is 2.91. The Morgan fingerprint density at radius 2 is 1.70 bits per heavy atom. The maximum absolute atomic E-state index is 5.28. The van der Waals surface area contributed by atoms with Gasteiger partial charge in [-0.3, -0.25) is 4.90 Å². The minimum atomic E-state index is 0.839. The highest BCUT2D eigenvalue weighted by atomic mass is 15.2. The molecule has 0 bridgehead atoms. The molecular weight excluding hydrogens is 242 g/mol. The van der Waals surface area contributed by atoms with Gasteiger partial charge in [0.15, 0.2) is 0 Å². The molecule has 0 aromatic rings. The maximum Gasteiger partial charge on any atom is 0.0102 e. The van der Waals surface area contributed by atoms with Crippen LogP contribution in [-0.2, 0) is 0 Å². The molecule has 0 unspecified atom stereocenters. The fraction of sp³-hybridized carbons (Fsp3) is 0.895.